The summed E-state index contributed by atoms with van der Waals surface area (Å²) >= 11 is 0. The van der Waals surface area contributed by atoms with Gasteiger partial charge in [0.05, 0.1) is 12.8 Å². The highest BCUT2D eigenvalue weighted by atomic mass is 16.6. The number of hydrogen-bond acceptors (Lipinski definition) is 6. The zero-order valence-corrected chi connectivity index (χ0v) is 13.6. The first-order chi connectivity index (χ1) is 10.1. The van der Waals surface area contributed by atoms with E-state index in [-0.39, 0.29) is 18.9 Å². The normalized spacial score (nSPS) is 12.4. The van der Waals surface area contributed by atoms with Crippen molar-refractivity contribution in [1.82, 2.24) is 10.6 Å². The topological polar surface area (TPSA) is 114 Å². The van der Waals surface area contributed by atoms with Gasteiger partial charge in [0.1, 0.15) is 11.7 Å². The van der Waals surface area contributed by atoms with E-state index < -0.39 is 23.6 Å². The standard InChI is InChI=1S/C14H26N2O6/c1-10(21-12(19)6-5-11(17)18)9-15-7-8-16-13(20)22-14(2,3)4/h10,15H,5-9H2,1-4H3,(H,16,20)(H,17,18). The summed E-state index contributed by atoms with van der Waals surface area (Å²) in [6.07, 6.45) is -1.23. The van der Waals surface area contributed by atoms with Gasteiger partial charge in [-0.25, -0.2) is 4.79 Å². The van der Waals surface area contributed by atoms with Crippen LogP contribution in [-0.2, 0) is 19.1 Å². The number of aliphatic carboxylic acids is 1. The molecule has 3 N–H and O–H groups in total. The number of ether oxygens (including phenoxy) is 2. The van der Waals surface area contributed by atoms with Crippen LogP contribution in [0.25, 0.3) is 0 Å². The first kappa shape index (κ1) is 20.2. The van der Waals surface area contributed by atoms with Gasteiger partial charge in [0.2, 0.25) is 0 Å². The summed E-state index contributed by atoms with van der Waals surface area (Å²) < 4.78 is 10.1. The number of carbonyl (C=O) groups excluding carboxylic acids is 2. The number of carbonyl (C=O) groups is 3. The molecule has 0 saturated carbocycles. The maximum atomic E-state index is 11.3. The van der Waals surface area contributed by atoms with E-state index in [1.807, 2.05) is 0 Å². The van der Waals surface area contributed by atoms with Crippen molar-refractivity contribution in [2.24, 2.45) is 0 Å². The molecule has 128 valence electrons. The second-order valence-electron chi connectivity index (χ2n) is 5.83. The van der Waals surface area contributed by atoms with Gasteiger partial charge in [-0.1, -0.05) is 0 Å². The highest BCUT2D eigenvalue weighted by Crippen LogP contribution is 2.05. The van der Waals surface area contributed by atoms with Crippen LogP contribution in [0.5, 0.6) is 0 Å². The van der Waals surface area contributed by atoms with Crippen LogP contribution in [0.15, 0.2) is 0 Å². The lowest BCUT2D eigenvalue weighted by atomic mass is 10.2. The number of carboxylic acid groups (broad SMARTS) is 1. The van der Waals surface area contributed by atoms with Crippen molar-refractivity contribution in [3.63, 3.8) is 0 Å². The van der Waals surface area contributed by atoms with Gasteiger partial charge in [0.25, 0.3) is 0 Å². The molecule has 0 aliphatic rings. The van der Waals surface area contributed by atoms with Crippen molar-refractivity contribution in [2.45, 2.75) is 52.2 Å². The third-order valence-corrected chi connectivity index (χ3v) is 2.28. The molecular formula is C14H26N2O6. The predicted molar refractivity (Wildman–Crippen MR) is 79.5 cm³/mol. The molecule has 0 saturated heterocycles. The van der Waals surface area contributed by atoms with E-state index in [1.54, 1.807) is 27.7 Å². The van der Waals surface area contributed by atoms with Crippen LogP contribution < -0.4 is 10.6 Å². The van der Waals surface area contributed by atoms with Gasteiger partial charge >= 0.3 is 18.0 Å². The van der Waals surface area contributed by atoms with E-state index >= 15 is 0 Å². The third-order valence-electron chi connectivity index (χ3n) is 2.28. The molecule has 0 aliphatic carbocycles. The predicted octanol–water partition coefficient (Wildman–Crippen LogP) is 0.897. The molecule has 1 unspecified atom stereocenters. The lowest BCUT2D eigenvalue weighted by Gasteiger charge is -2.19. The summed E-state index contributed by atoms with van der Waals surface area (Å²) in [6, 6.07) is 0. The lowest BCUT2D eigenvalue weighted by molar-refractivity contribution is -0.151. The molecule has 0 aromatic heterocycles. The number of alkyl carbamates (subject to hydrolysis) is 1. The van der Waals surface area contributed by atoms with Gasteiger partial charge in [-0.15, -0.1) is 0 Å². The maximum absolute atomic E-state index is 11.3. The molecule has 8 nitrogen and oxygen atoms in total. The van der Waals surface area contributed by atoms with Gasteiger partial charge < -0.3 is 25.2 Å². The van der Waals surface area contributed by atoms with Gasteiger partial charge in [-0.2, -0.15) is 0 Å². The lowest BCUT2D eigenvalue weighted by Crippen LogP contribution is -2.38. The summed E-state index contributed by atoms with van der Waals surface area (Å²) in [5, 5.41) is 14.0. The maximum Gasteiger partial charge on any atom is 0.407 e. The van der Waals surface area contributed by atoms with Crippen molar-refractivity contribution in [3.05, 3.63) is 0 Å². The van der Waals surface area contributed by atoms with Crippen LogP contribution in [0.1, 0.15) is 40.5 Å². The Hall–Kier alpha value is -1.83. The van der Waals surface area contributed by atoms with Crippen molar-refractivity contribution < 1.29 is 29.0 Å². The molecule has 1 amide bonds. The Morgan fingerprint density at radius 1 is 1.14 bits per heavy atom. The Kier molecular flexibility index (Phi) is 9.16. The Balaban J connectivity index is 3.64. The van der Waals surface area contributed by atoms with Gasteiger partial charge in [-0.3, -0.25) is 9.59 Å². The van der Waals surface area contributed by atoms with Crippen LogP contribution in [0.2, 0.25) is 0 Å². The molecule has 0 spiro atoms. The molecule has 0 radical (unpaired) electrons. The monoisotopic (exact) mass is 318 g/mol. The SMILES string of the molecule is CC(CNCCNC(=O)OC(C)(C)C)OC(=O)CCC(=O)O. The quantitative estimate of drug-likeness (QED) is 0.427. The van der Waals surface area contributed by atoms with Crippen LogP contribution in [-0.4, -0.2) is 54.5 Å². The number of carboxylic acids is 1. The second-order valence-corrected chi connectivity index (χ2v) is 5.83. The minimum atomic E-state index is -1.03. The zero-order chi connectivity index (χ0) is 17.2. The first-order valence-electron chi connectivity index (χ1n) is 7.19. The Labute approximate surface area is 130 Å². The zero-order valence-electron chi connectivity index (χ0n) is 13.6. The van der Waals surface area contributed by atoms with E-state index in [1.165, 1.54) is 0 Å². The number of nitrogens with one attached hydrogen (secondary N) is 2. The van der Waals surface area contributed by atoms with Crippen LogP contribution in [0.3, 0.4) is 0 Å². The van der Waals surface area contributed by atoms with Crippen molar-refractivity contribution in [1.29, 1.82) is 0 Å². The second kappa shape index (κ2) is 9.99. The average molecular weight is 318 g/mol. The van der Waals surface area contributed by atoms with Crippen molar-refractivity contribution in [2.75, 3.05) is 19.6 Å². The molecule has 0 fully saturated rings. The van der Waals surface area contributed by atoms with Crippen LogP contribution in [0, 0.1) is 0 Å². The first-order valence-corrected chi connectivity index (χ1v) is 7.19. The molecule has 1 atom stereocenters. The van der Waals surface area contributed by atoms with Crippen LogP contribution in [0.4, 0.5) is 4.79 Å². The number of hydrogen-bond donors (Lipinski definition) is 3. The molecule has 0 rings (SSSR count). The molecule has 0 heterocycles. The Morgan fingerprint density at radius 3 is 2.32 bits per heavy atom. The van der Waals surface area contributed by atoms with E-state index in [0.717, 1.165) is 0 Å². The van der Waals surface area contributed by atoms with Gasteiger partial charge in [0, 0.05) is 19.6 Å². The summed E-state index contributed by atoms with van der Waals surface area (Å²) in [6.45, 7) is 8.34. The fourth-order valence-electron chi connectivity index (χ4n) is 1.41. The van der Waals surface area contributed by atoms with Crippen LogP contribution >= 0.6 is 0 Å². The average Bonchev–Trinajstić information content (AvgIpc) is 2.33. The number of esters is 1. The Morgan fingerprint density at radius 2 is 1.77 bits per heavy atom. The van der Waals surface area contributed by atoms with Gasteiger partial charge in [0.15, 0.2) is 0 Å². The molecule has 0 aliphatic heterocycles. The number of amides is 1. The molecule has 0 aromatic rings. The number of rotatable bonds is 9. The highest BCUT2D eigenvalue weighted by Gasteiger charge is 2.15. The molecular weight excluding hydrogens is 292 g/mol. The summed E-state index contributed by atoms with van der Waals surface area (Å²) in [7, 11) is 0. The van der Waals surface area contributed by atoms with E-state index in [0.29, 0.717) is 19.6 Å². The van der Waals surface area contributed by atoms with Gasteiger partial charge in [-0.05, 0) is 27.7 Å². The van der Waals surface area contributed by atoms with Crippen molar-refractivity contribution >= 4 is 18.0 Å². The summed E-state index contributed by atoms with van der Waals surface area (Å²) in [5.74, 6) is -1.57. The largest absolute Gasteiger partial charge is 0.481 e. The fraction of sp³-hybridized carbons (Fsp3) is 0.786. The fourth-order valence-corrected chi connectivity index (χ4v) is 1.41. The smallest absolute Gasteiger partial charge is 0.407 e. The molecule has 8 heteroatoms. The minimum Gasteiger partial charge on any atom is -0.481 e. The van der Waals surface area contributed by atoms with E-state index in [2.05, 4.69) is 10.6 Å². The Bertz CT molecular complexity index is 378. The summed E-state index contributed by atoms with van der Waals surface area (Å²) in [5.41, 5.74) is -0.532. The minimum absolute atomic E-state index is 0.139. The van der Waals surface area contributed by atoms with Crippen molar-refractivity contribution in [3.8, 4) is 0 Å². The molecule has 0 aromatic carbocycles. The third kappa shape index (κ3) is 13.2. The van der Waals surface area contributed by atoms with E-state index in [4.69, 9.17) is 14.6 Å². The molecule has 22 heavy (non-hydrogen) atoms. The summed E-state index contributed by atoms with van der Waals surface area (Å²) in [4.78, 5) is 32.9. The highest BCUT2D eigenvalue weighted by molar-refractivity contribution is 5.76. The molecule has 0 bridgehead atoms. The van der Waals surface area contributed by atoms with E-state index in [9.17, 15) is 14.4 Å².